The van der Waals surface area contributed by atoms with Crippen LogP contribution >= 0.6 is 22.7 Å². The quantitative estimate of drug-likeness (QED) is 0.0235. The molecule has 2 saturated heterocycles. The summed E-state index contributed by atoms with van der Waals surface area (Å²) < 4.78 is 50.5. The van der Waals surface area contributed by atoms with Gasteiger partial charge in [-0.1, -0.05) is 53.7 Å². The fourth-order valence-electron chi connectivity index (χ4n) is 13.6. The fourth-order valence-corrected chi connectivity index (χ4v) is 15.2. The van der Waals surface area contributed by atoms with Crippen LogP contribution < -0.4 is 34.9 Å². The molecule has 4 fully saturated rings. The topological polar surface area (TPSA) is 385 Å². The number of amides is 5. The van der Waals surface area contributed by atoms with E-state index in [1.165, 1.54) is 60.5 Å². The highest BCUT2D eigenvalue weighted by Crippen LogP contribution is 2.48. The Morgan fingerprint density at radius 1 is 0.560 bits per heavy atom. The lowest BCUT2D eigenvalue weighted by atomic mass is 9.77. The number of esters is 4. The minimum Gasteiger partial charge on any atom is -0.497 e. The number of anilines is 1. The van der Waals surface area contributed by atoms with Crippen molar-refractivity contribution in [3.63, 3.8) is 0 Å². The number of carboxylic acids is 1. The van der Waals surface area contributed by atoms with Crippen LogP contribution in [-0.2, 0) is 78.1 Å². The SMILES string of the molecule is C=CC1C[C@]1(NC(=O)[C@@H]1C[C@@H](Oc2cc(-c3csc(CC(C)=O)n3)nc3cc(OC)ccc23)CN1C(=O)OC(C)(C)C)C(=O)OC.C=CC1C[C@]1(NC(=O)[C@@H]1C[C@@H](Oc2cc(-c3csc(NC(C)=O)n3)nc3cc(OC)ccc23)CN1C(=O)[C@@H](CC(=O)OC(C)(C)C)C(C)(C)C)C(=O)OC.CC(C)(C)OC(=O)C[C@H](C(=O)O)C(C)(C)C. The Kier molecular flexibility index (Phi) is 28.4. The van der Waals surface area contributed by atoms with Crippen molar-refractivity contribution in [3.8, 4) is 45.8 Å². The second kappa shape index (κ2) is 36.3. The number of pyridine rings is 2. The zero-order valence-corrected chi connectivity index (χ0v) is 71.6. The van der Waals surface area contributed by atoms with Crippen LogP contribution in [-0.4, -0.2) is 194 Å². The minimum atomic E-state index is -1.29. The number of rotatable bonds is 25. The maximum atomic E-state index is 14.6. The van der Waals surface area contributed by atoms with Crippen LogP contribution in [0.15, 0.2) is 84.6 Å². The first-order valence-corrected chi connectivity index (χ1v) is 39.8. The van der Waals surface area contributed by atoms with Crippen LogP contribution in [0.3, 0.4) is 0 Å². The van der Waals surface area contributed by atoms with E-state index in [-0.39, 0.29) is 68.7 Å². The van der Waals surface area contributed by atoms with Crippen molar-refractivity contribution >= 4 is 115 Å². The van der Waals surface area contributed by atoms with E-state index in [4.69, 9.17) is 57.7 Å². The molecular formula is C84H109N9O21S2. The number of carbonyl (C=O) groups is 11. The van der Waals surface area contributed by atoms with Gasteiger partial charge in [0.2, 0.25) is 23.6 Å². The standard InChI is InChI=1S/C39H49N5O9S.C33H38N4O8S.C12H22O4/c1-11-22-18-39(22,35(49)51-10)43-33(47)30-15-24(19-44(30)34(48)26(37(3,4)5)16-32(46)53-38(6,7)8)52-31-17-28(29-20-54-36(42-29)40-21(2)45)41-27-14-23(50-9)12-13-25(27)31;1-8-19-15-33(19,30(40)43-7)36-29(39)26-13-21(16-37(26)31(41)45-32(3,4)5)44-27-14-24(25-17-46-28(35-25)11-18(2)38)34-23-12-20(42-6)9-10-22(23)27;1-11(2,3)8(10(14)15)7-9(13)16-12(4,5)6/h11-14,17,20,22,24,26,30H,1,15-16,18-19H2,2-10H3,(H,43,47)(H,40,42,45);8-10,12,14,17,19,21,26H,1,11,13,15-16H2,2-7H3,(H,36,39);8H,7H2,1-6H3,(H,14,15)/t22?,24-,26-,30+,39-;19?,21-,26+,33-;8-/m111/s1. The second-order valence-corrected chi connectivity index (χ2v) is 36.2. The van der Waals surface area contributed by atoms with E-state index in [0.29, 0.717) is 90.6 Å². The van der Waals surface area contributed by atoms with Crippen molar-refractivity contribution in [1.82, 2.24) is 40.4 Å². The Hall–Kier alpha value is -10.6. The van der Waals surface area contributed by atoms with Gasteiger partial charge in [0.05, 0.1) is 95.0 Å². The van der Waals surface area contributed by atoms with Gasteiger partial charge in [-0.15, -0.1) is 35.8 Å². The van der Waals surface area contributed by atoms with Gasteiger partial charge < -0.3 is 68.6 Å². The summed E-state index contributed by atoms with van der Waals surface area (Å²) in [5, 5.41) is 23.5. The zero-order valence-electron chi connectivity index (χ0n) is 69.9. The second-order valence-electron chi connectivity index (χ2n) is 34.4. The van der Waals surface area contributed by atoms with Crippen LogP contribution in [0.1, 0.15) is 161 Å². The van der Waals surface area contributed by atoms with E-state index in [1.807, 2.05) is 38.3 Å². The number of aliphatic carboxylic acids is 1. The third-order valence-electron chi connectivity index (χ3n) is 19.5. The van der Waals surface area contributed by atoms with Crippen molar-refractivity contribution in [3.05, 3.63) is 89.6 Å². The molecule has 5 amide bonds. The molecule has 10 rings (SSSR count). The summed E-state index contributed by atoms with van der Waals surface area (Å²) in [7, 11) is 5.63. The molecule has 2 aliphatic heterocycles. The molecule has 116 heavy (non-hydrogen) atoms. The highest BCUT2D eigenvalue weighted by Gasteiger charge is 2.63. The van der Waals surface area contributed by atoms with E-state index in [1.54, 1.807) is 151 Å². The number of carbonyl (C=O) groups excluding carboxylic acids is 10. The molecule has 2 aliphatic carbocycles. The van der Waals surface area contributed by atoms with Crippen LogP contribution in [0, 0.1) is 34.5 Å². The van der Waals surface area contributed by atoms with E-state index in [2.05, 4.69) is 39.1 Å². The Morgan fingerprint density at radius 2 is 0.983 bits per heavy atom. The summed E-state index contributed by atoms with van der Waals surface area (Å²) in [6, 6.07) is 12.2. The van der Waals surface area contributed by atoms with Crippen molar-refractivity contribution in [2.24, 2.45) is 34.5 Å². The molecular weight excluding hydrogens is 1540 g/mol. The van der Waals surface area contributed by atoms with Crippen LogP contribution in [0.4, 0.5) is 9.93 Å². The number of fused-ring (bicyclic) bond motifs is 2. The molecule has 0 bridgehead atoms. The molecule has 4 aliphatic rings. The summed E-state index contributed by atoms with van der Waals surface area (Å²) in [4.78, 5) is 162. The lowest BCUT2D eigenvalue weighted by Crippen LogP contribution is -2.55. The number of ketones is 1. The molecule has 4 N–H and O–H groups in total. The summed E-state index contributed by atoms with van der Waals surface area (Å²) in [5.41, 5.74) is -2.58. The van der Waals surface area contributed by atoms with Gasteiger partial charge in [-0.25, -0.2) is 34.3 Å². The normalized spacial score (nSPS) is 20.8. The van der Waals surface area contributed by atoms with Gasteiger partial charge in [0, 0.05) is 77.4 Å². The Bertz CT molecular complexity index is 4730. The van der Waals surface area contributed by atoms with Crippen molar-refractivity contribution in [1.29, 1.82) is 0 Å². The summed E-state index contributed by atoms with van der Waals surface area (Å²) in [6.07, 6.45) is 2.05. The molecule has 6 heterocycles. The van der Waals surface area contributed by atoms with Crippen molar-refractivity contribution < 1.29 is 100 Å². The average Bonchev–Trinajstić information content (AvgIpc) is 1.58. The van der Waals surface area contributed by atoms with Gasteiger partial charge in [0.25, 0.3) is 0 Å². The maximum Gasteiger partial charge on any atom is 0.411 e. The fraction of sp³-hybridized carbons (Fsp3) is 0.536. The van der Waals surface area contributed by atoms with Crippen LogP contribution in [0.2, 0.25) is 0 Å². The zero-order chi connectivity index (χ0) is 86.3. The Labute approximate surface area is 683 Å². The molecule has 10 atom stereocenters. The molecule has 32 heteroatoms. The van der Waals surface area contributed by atoms with Crippen LogP contribution in [0.25, 0.3) is 44.6 Å². The lowest BCUT2D eigenvalue weighted by molar-refractivity contribution is -0.162. The largest absolute Gasteiger partial charge is 0.497 e. The number of carboxylic acid groups (broad SMARTS) is 1. The minimum absolute atomic E-state index is 0.00656. The van der Waals surface area contributed by atoms with E-state index in [0.717, 1.165) is 0 Å². The van der Waals surface area contributed by atoms with E-state index < -0.39 is 128 Å². The summed E-state index contributed by atoms with van der Waals surface area (Å²) >= 11 is 2.62. The third kappa shape index (κ3) is 23.1. The van der Waals surface area contributed by atoms with Gasteiger partial charge in [-0.2, -0.15) is 0 Å². The number of aromatic nitrogens is 4. The van der Waals surface area contributed by atoms with Crippen molar-refractivity contribution in [2.75, 3.05) is 46.8 Å². The number of benzene rings is 2. The number of Topliss-reactive ketones (excluding diaryl/α,β-unsaturated/α-hetero) is 1. The number of nitrogens with one attached hydrogen (secondary N) is 3. The molecule has 2 aromatic carbocycles. The smallest absolute Gasteiger partial charge is 0.411 e. The predicted octanol–water partition coefficient (Wildman–Crippen LogP) is 12.3. The highest BCUT2D eigenvalue weighted by molar-refractivity contribution is 7.14. The number of likely N-dealkylation sites (tertiary alicyclic amines) is 2. The molecule has 0 radical (unpaired) electrons. The first kappa shape index (κ1) is 90.9. The molecule has 2 unspecified atom stereocenters. The Morgan fingerprint density at radius 3 is 1.37 bits per heavy atom. The molecule has 0 spiro atoms. The molecule has 4 aromatic heterocycles. The molecule has 6 aromatic rings. The summed E-state index contributed by atoms with van der Waals surface area (Å²) in [5.74, 6) is -4.98. The van der Waals surface area contributed by atoms with Gasteiger partial charge in [0.1, 0.15) is 97.3 Å². The molecule has 628 valence electrons. The summed E-state index contributed by atoms with van der Waals surface area (Å²) in [6.45, 7) is 37.3. The number of nitrogens with zero attached hydrogens (tertiary/aromatic N) is 6. The third-order valence-corrected chi connectivity index (χ3v) is 21.1. The van der Waals surface area contributed by atoms with Gasteiger partial charge in [0.15, 0.2) is 5.13 Å². The molecule has 2 saturated carbocycles. The maximum absolute atomic E-state index is 14.6. The van der Waals surface area contributed by atoms with Gasteiger partial charge in [-0.05, 0) is 117 Å². The number of hydrogen-bond acceptors (Lipinski definition) is 26. The first-order chi connectivity index (χ1) is 54.0. The number of hydrogen-bond donors (Lipinski definition) is 4. The monoisotopic (exact) mass is 1640 g/mol. The first-order valence-electron chi connectivity index (χ1n) is 38.0. The predicted molar refractivity (Wildman–Crippen MR) is 435 cm³/mol. The van der Waals surface area contributed by atoms with E-state index >= 15 is 0 Å². The van der Waals surface area contributed by atoms with Crippen molar-refractivity contribution in [2.45, 2.75) is 215 Å². The van der Waals surface area contributed by atoms with Gasteiger partial charge >= 0.3 is 35.9 Å². The number of ether oxygens (including phenoxy) is 9. The van der Waals surface area contributed by atoms with Crippen LogP contribution in [0.5, 0.6) is 23.0 Å². The lowest BCUT2D eigenvalue weighted by Gasteiger charge is -2.35. The number of methoxy groups -OCH3 is 4. The highest BCUT2D eigenvalue weighted by atomic mass is 32.1. The van der Waals surface area contributed by atoms with E-state index in [9.17, 15) is 52.7 Å². The molecule has 30 nitrogen and oxygen atoms in total. The Balaban J connectivity index is 0.000000246. The average molecular weight is 1640 g/mol. The number of thiazole rings is 2. The van der Waals surface area contributed by atoms with Gasteiger partial charge in [-0.3, -0.25) is 43.3 Å².